The molecule has 0 unspecified atom stereocenters. The second-order valence-electron chi connectivity index (χ2n) is 5.35. The molecule has 0 aliphatic carbocycles. The largest absolute Gasteiger partial charge is 0.409 e. The first-order valence-electron chi connectivity index (χ1n) is 7.21. The summed E-state index contributed by atoms with van der Waals surface area (Å²) in [6, 6.07) is 5.87. The number of likely N-dealkylation sites (tertiary alicyclic amines) is 1. The molecule has 0 aromatic heterocycles. The summed E-state index contributed by atoms with van der Waals surface area (Å²) in [5.74, 6) is 0.154. The Morgan fingerprint density at radius 1 is 1.40 bits per heavy atom. The zero-order valence-electron chi connectivity index (χ0n) is 12.1. The molecule has 20 heavy (non-hydrogen) atoms. The summed E-state index contributed by atoms with van der Waals surface area (Å²) in [5, 5.41) is 15.2. The summed E-state index contributed by atoms with van der Waals surface area (Å²) in [5.41, 5.74) is 8.75. The fourth-order valence-electron chi connectivity index (χ4n) is 2.58. The van der Waals surface area contributed by atoms with Gasteiger partial charge in [-0.25, -0.2) is 0 Å². The van der Waals surface area contributed by atoms with Gasteiger partial charge >= 0.3 is 0 Å². The number of hydrogen-bond donors (Lipinski definition) is 3. The van der Waals surface area contributed by atoms with Gasteiger partial charge in [0.25, 0.3) is 0 Å². The van der Waals surface area contributed by atoms with Crippen molar-refractivity contribution in [1.29, 1.82) is 0 Å². The number of nitrogens with zero attached hydrogens (tertiary/aromatic N) is 2. The van der Waals surface area contributed by atoms with Gasteiger partial charge in [-0.1, -0.05) is 17.3 Å². The van der Waals surface area contributed by atoms with E-state index in [9.17, 15) is 0 Å². The lowest BCUT2D eigenvalue weighted by Gasteiger charge is -2.15. The molecule has 1 saturated heterocycles. The van der Waals surface area contributed by atoms with E-state index in [0.29, 0.717) is 0 Å². The summed E-state index contributed by atoms with van der Waals surface area (Å²) in [4.78, 5) is 2.50. The summed E-state index contributed by atoms with van der Waals surface area (Å²) < 4.78 is 0. The van der Waals surface area contributed by atoms with E-state index < -0.39 is 0 Å². The van der Waals surface area contributed by atoms with E-state index in [1.807, 2.05) is 25.1 Å². The first-order valence-corrected chi connectivity index (χ1v) is 7.21. The quantitative estimate of drug-likeness (QED) is 0.240. The Labute approximate surface area is 120 Å². The lowest BCUT2D eigenvalue weighted by molar-refractivity contribution is 0.318. The van der Waals surface area contributed by atoms with Crippen molar-refractivity contribution in [2.75, 3.05) is 26.2 Å². The molecule has 1 heterocycles. The smallest absolute Gasteiger partial charge is 0.170 e. The summed E-state index contributed by atoms with van der Waals surface area (Å²) in [6.45, 7) is 7.54. The first kappa shape index (κ1) is 14.8. The molecule has 1 aromatic rings. The van der Waals surface area contributed by atoms with Gasteiger partial charge in [0.1, 0.15) is 0 Å². The van der Waals surface area contributed by atoms with Crippen molar-refractivity contribution in [3.05, 3.63) is 34.9 Å². The van der Waals surface area contributed by atoms with Crippen LogP contribution in [0, 0.1) is 6.92 Å². The van der Waals surface area contributed by atoms with Gasteiger partial charge in [0.05, 0.1) is 0 Å². The standard InChI is InChI=1S/C15H24N4O/c1-12-10-13(15(16)18-20)4-5-14(12)11-17-6-9-19-7-2-3-8-19/h4-5,10,17,20H,2-3,6-9,11H2,1H3,(H2,16,18). The third kappa shape index (κ3) is 3.95. The first-order chi connectivity index (χ1) is 9.70. The molecule has 5 nitrogen and oxygen atoms in total. The lowest BCUT2D eigenvalue weighted by atomic mass is 10.0. The molecule has 1 aliphatic heterocycles. The Morgan fingerprint density at radius 3 is 2.80 bits per heavy atom. The fraction of sp³-hybridized carbons (Fsp3) is 0.533. The minimum atomic E-state index is 0.154. The summed E-state index contributed by atoms with van der Waals surface area (Å²) in [7, 11) is 0. The third-order valence-corrected chi connectivity index (χ3v) is 3.87. The fourth-order valence-corrected chi connectivity index (χ4v) is 2.58. The maximum absolute atomic E-state index is 8.67. The van der Waals surface area contributed by atoms with Crippen LogP contribution >= 0.6 is 0 Å². The van der Waals surface area contributed by atoms with E-state index in [1.165, 1.54) is 31.5 Å². The van der Waals surface area contributed by atoms with Gasteiger partial charge < -0.3 is 21.2 Å². The molecule has 1 fully saturated rings. The van der Waals surface area contributed by atoms with E-state index >= 15 is 0 Å². The molecular weight excluding hydrogens is 252 g/mol. The highest BCUT2D eigenvalue weighted by atomic mass is 16.4. The minimum Gasteiger partial charge on any atom is -0.409 e. The molecule has 110 valence electrons. The van der Waals surface area contributed by atoms with E-state index in [1.54, 1.807) is 0 Å². The number of rotatable bonds is 6. The number of aryl methyl sites for hydroxylation is 1. The molecule has 1 aliphatic rings. The normalized spacial score (nSPS) is 16.8. The van der Waals surface area contributed by atoms with Crippen LogP contribution in [-0.2, 0) is 6.54 Å². The number of nitrogens with one attached hydrogen (secondary N) is 1. The van der Waals surface area contributed by atoms with Crippen molar-refractivity contribution in [1.82, 2.24) is 10.2 Å². The van der Waals surface area contributed by atoms with Crippen LogP contribution < -0.4 is 11.1 Å². The molecular formula is C15H24N4O. The predicted molar refractivity (Wildman–Crippen MR) is 81.1 cm³/mol. The SMILES string of the molecule is Cc1cc(/C(N)=N/O)ccc1CNCCN1CCCC1. The second kappa shape index (κ2) is 7.26. The van der Waals surface area contributed by atoms with Crippen molar-refractivity contribution >= 4 is 5.84 Å². The van der Waals surface area contributed by atoms with E-state index in [2.05, 4.69) is 15.4 Å². The van der Waals surface area contributed by atoms with Crippen LogP contribution in [-0.4, -0.2) is 42.1 Å². The number of amidine groups is 1. The number of benzene rings is 1. The molecule has 0 radical (unpaired) electrons. The predicted octanol–water partition coefficient (Wildman–Crippen LogP) is 1.27. The van der Waals surface area contributed by atoms with Crippen LogP contribution in [0.25, 0.3) is 0 Å². The topological polar surface area (TPSA) is 73.9 Å². The van der Waals surface area contributed by atoms with Gasteiger partial charge in [-0.3, -0.25) is 0 Å². The van der Waals surface area contributed by atoms with Crippen molar-refractivity contribution in [2.24, 2.45) is 10.9 Å². The van der Waals surface area contributed by atoms with Crippen LogP contribution in [0.1, 0.15) is 29.5 Å². The highest BCUT2D eigenvalue weighted by molar-refractivity contribution is 5.97. The number of oxime groups is 1. The minimum absolute atomic E-state index is 0.154. The number of hydrogen-bond acceptors (Lipinski definition) is 4. The average Bonchev–Trinajstić information content (AvgIpc) is 2.97. The van der Waals surface area contributed by atoms with Crippen molar-refractivity contribution in [3.63, 3.8) is 0 Å². The van der Waals surface area contributed by atoms with E-state index in [0.717, 1.165) is 30.8 Å². The lowest BCUT2D eigenvalue weighted by Crippen LogP contribution is -2.29. The summed E-state index contributed by atoms with van der Waals surface area (Å²) >= 11 is 0. The maximum Gasteiger partial charge on any atom is 0.170 e. The van der Waals surface area contributed by atoms with Gasteiger partial charge in [0.2, 0.25) is 0 Å². The van der Waals surface area contributed by atoms with Gasteiger partial charge in [0.15, 0.2) is 5.84 Å². The van der Waals surface area contributed by atoms with Gasteiger partial charge in [0, 0.05) is 25.2 Å². The van der Waals surface area contributed by atoms with Crippen molar-refractivity contribution < 1.29 is 5.21 Å². The van der Waals surface area contributed by atoms with Gasteiger partial charge in [-0.15, -0.1) is 0 Å². The van der Waals surface area contributed by atoms with E-state index in [4.69, 9.17) is 10.9 Å². The van der Waals surface area contributed by atoms with Crippen LogP contribution in [0.4, 0.5) is 0 Å². The molecule has 0 atom stereocenters. The Hall–Kier alpha value is -1.59. The zero-order valence-corrected chi connectivity index (χ0v) is 12.1. The average molecular weight is 276 g/mol. The highest BCUT2D eigenvalue weighted by Crippen LogP contribution is 2.11. The Kier molecular flexibility index (Phi) is 5.38. The highest BCUT2D eigenvalue weighted by Gasteiger charge is 2.10. The molecule has 0 spiro atoms. The molecule has 1 aromatic carbocycles. The van der Waals surface area contributed by atoms with Gasteiger partial charge in [-0.2, -0.15) is 0 Å². The molecule has 0 amide bonds. The zero-order chi connectivity index (χ0) is 14.4. The molecule has 0 bridgehead atoms. The van der Waals surface area contributed by atoms with Crippen molar-refractivity contribution in [3.8, 4) is 0 Å². The molecule has 5 heteroatoms. The molecule has 4 N–H and O–H groups in total. The van der Waals surface area contributed by atoms with Crippen LogP contribution in [0.3, 0.4) is 0 Å². The Morgan fingerprint density at radius 2 is 2.15 bits per heavy atom. The molecule has 0 saturated carbocycles. The second-order valence-corrected chi connectivity index (χ2v) is 5.35. The third-order valence-electron chi connectivity index (χ3n) is 3.87. The Balaban J connectivity index is 1.80. The van der Waals surface area contributed by atoms with Crippen molar-refractivity contribution in [2.45, 2.75) is 26.3 Å². The van der Waals surface area contributed by atoms with Gasteiger partial charge in [-0.05, 0) is 50.0 Å². The number of nitrogens with two attached hydrogens (primary N) is 1. The van der Waals surface area contributed by atoms with E-state index in [-0.39, 0.29) is 5.84 Å². The summed E-state index contributed by atoms with van der Waals surface area (Å²) in [6.07, 6.45) is 2.68. The Bertz CT molecular complexity index is 467. The van der Waals surface area contributed by atoms with Crippen LogP contribution in [0.5, 0.6) is 0 Å². The van der Waals surface area contributed by atoms with Crippen LogP contribution in [0.15, 0.2) is 23.4 Å². The molecule has 2 rings (SSSR count). The van der Waals surface area contributed by atoms with Crippen LogP contribution in [0.2, 0.25) is 0 Å². The maximum atomic E-state index is 8.67. The monoisotopic (exact) mass is 276 g/mol.